The lowest BCUT2D eigenvalue weighted by atomic mass is 9.78. The van der Waals surface area contributed by atoms with Gasteiger partial charge in [-0.15, -0.1) is 12.8 Å². The van der Waals surface area contributed by atoms with Crippen LogP contribution in [0.15, 0.2) is 84.9 Å². The molecule has 6 rings (SSSR count). The van der Waals surface area contributed by atoms with E-state index in [4.69, 9.17) is 31.8 Å². The third kappa shape index (κ3) is 5.74. The quantitative estimate of drug-likeness (QED) is 0.0876. The highest BCUT2D eigenvalue weighted by atomic mass is 127. The molecular weight excluding hydrogens is 762 g/mol. The van der Waals surface area contributed by atoms with Crippen molar-refractivity contribution in [1.29, 1.82) is 0 Å². The number of terminal acetylenes is 2. The molecule has 0 bridgehead atoms. The molecule has 5 aromatic carbocycles. The van der Waals surface area contributed by atoms with Gasteiger partial charge in [0.25, 0.3) is 0 Å². The van der Waals surface area contributed by atoms with Crippen LogP contribution >= 0.6 is 45.2 Å². The van der Waals surface area contributed by atoms with Crippen molar-refractivity contribution in [2.75, 3.05) is 19.8 Å². The Morgan fingerprint density at radius 3 is 1.84 bits per heavy atom. The zero-order chi connectivity index (χ0) is 30.1. The summed E-state index contributed by atoms with van der Waals surface area (Å²) in [5.74, 6) is 8.94. The van der Waals surface area contributed by atoms with E-state index in [-0.39, 0.29) is 19.1 Å². The molecule has 43 heavy (non-hydrogen) atoms. The van der Waals surface area contributed by atoms with Gasteiger partial charge >= 0.3 is 0 Å². The number of halogens is 2. The maximum atomic E-state index is 6.64. The molecule has 0 N–H and O–H groups in total. The molecule has 6 heteroatoms. The predicted molar refractivity (Wildman–Crippen MR) is 190 cm³/mol. The number of rotatable bonds is 8. The Kier molecular flexibility index (Phi) is 8.43. The molecule has 1 aliphatic rings. The second kappa shape index (κ2) is 12.4. The SMILES string of the molecule is C#CCOc1ccc2c3c(ccc2c1)Oc1ccc2cc(OCC(=C)C)ccc2c1C3c1cc(I)c(OCC#C)c(I)c1. The Balaban J connectivity index is 1.59. The minimum atomic E-state index is -0.130. The number of fused-ring (bicyclic) bond motifs is 6. The fourth-order valence-corrected chi connectivity index (χ4v) is 7.63. The number of ether oxygens (including phenoxy) is 4. The molecule has 1 heterocycles. The molecule has 4 nitrogen and oxygen atoms in total. The van der Waals surface area contributed by atoms with E-state index in [9.17, 15) is 0 Å². The molecule has 0 saturated heterocycles. The van der Waals surface area contributed by atoms with E-state index in [1.807, 2.05) is 31.2 Å². The van der Waals surface area contributed by atoms with E-state index in [1.54, 1.807) is 0 Å². The number of hydrogen-bond donors (Lipinski definition) is 0. The van der Waals surface area contributed by atoms with Crippen molar-refractivity contribution in [1.82, 2.24) is 0 Å². The van der Waals surface area contributed by atoms with Gasteiger partial charge in [0.15, 0.2) is 0 Å². The van der Waals surface area contributed by atoms with Crippen molar-refractivity contribution >= 4 is 66.7 Å². The molecule has 5 aromatic rings. The first-order valence-electron chi connectivity index (χ1n) is 13.6. The molecule has 0 spiro atoms. The van der Waals surface area contributed by atoms with Crippen molar-refractivity contribution in [2.24, 2.45) is 0 Å². The molecule has 0 saturated carbocycles. The third-order valence-corrected chi connectivity index (χ3v) is 8.85. The zero-order valence-corrected chi connectivity index (χ0v) is 27.7. The molecule has 0 fully saturated rings. The Hall–Kier alpha value is -3.86. The van der Waals surface area contributed by atoms with Crippen LogP contribution < -0.4 is 18.9 Å². The lowest BCUT2D eigenvalue weighted by Crippen LogP contribution is -2.14. The van der Waals surface area contributed by atoms with Gasteiger partial charge in [0.2, 0.25) is 0 Å². The number of benzene rings is 5. The standard InChI is InChI=1S/C37H26I2O4/c1-5-15-40-26-9-11-28-23(17-26)7-13-32-35(28)34(25-19-30(38)37(31(39)20-25)41-16-6-2)36-29-12-10-27(42-21-22(3)4)18-24(29)8-14-33(36)43-32/h1-2,7-14,17-20,34H,3,15-16,21H2,4H3. The van der Waals surface area contributed by atoms with Gasteiger partial charge in [-0.25, -0.2) is 0 Å². The summed E-state index contributed by atoms with van der Waals surface area (Å²) < 4.78 is 26.2. The van der Waals surface area contributed by atoms with Crippen molar-refractivity contribution < 1.29 is 18.9 Å². The van der Waals surface area contributed by atoms with Gasteiger partial charge in [-0.2, -0.15) is 0 Å². The van der Waals surface area contributed by atoms with Crippen LogP contribution in [0.5, 0.6) is 28.7 Å². The van der Waals surface area contributed by atoms with E-state index in [0.717, 1.165) is 79.7 Å². The first-order chi connectivity index (χ1) is 20.9. The second-order valence-corrected chi connectivity index (χ2v) is 12.6. The Labute approximate surface area is 278 Å². The molecular formula is C37H26I2O4. The van der Waals surface area contributed by atoms with E-state index in [2.05, 4.69) is 112 Å². The minimum Gasteiger partial charge on any atom is -0.489 e. The fourth-order valence-electron chi connectivity index (χ4n) is 5.50. The summed E-state index contributed by atoms with van der Waals surface area (Å²) in [5.41, 5.74) is 4.28. The van der Waals surface area contributed by atoms with Crippen molar-refractivity contribution in [2.45, 2.75) is 12.8 Å². The van der Waals surface area contributed by atoms with Crippen LogP contribution in [0.1, 0.15) is 29.5 Å². The Morgan fingerprint density at radius 2 is 1.30 bits per heavy atom. The monoisotopic (exact) mass is 788 g/mol. The van der Waals surface area contributed by atoms with Crippen molar-refractivity contribution in [3.8, 4) is 53.4 Å². The lowest BCUT2D eigenvalue weighted by molar-refractivity contribution is 0.353. The normalized spacial score (nSPS) is 13.3. The van der Waals surface area contributed by atoms with Gasteiger partial charge in [-0.3, -0.25) is 0 Å². The molecule has 0 aromatic heterocycles. The van der Waals surface area contributed by atoms with Crippen LogP contribution in [0.3, 0.4) is 0 Å². The zero-order valence-electron chi connectivity index (χ0n) is 23.4. The summed E-state index contributed by atoms with van der Waals surface area (Å²) in [6.07, 6.45) is 10.9. The van der Waals surface area contributed by atoms with Crippen LogP contribution in [-0.4, -0.2) is 19.8 Å². The molecule has 1 unspecified atom stereocenters. The van der Waals surface area contributed by atoms with Crippen LogP contribution in [0, 0.1) is 31.8 Å². The third-order valence-electron chi connectivity index (χ3n) is 7.24. The smallest absolute Gasteiger partial charge is 0.148 e. The molecule has 212 valence electrons. The first-order valence-corrected chi connectivity index (χ1v) is 15.7. The topological polar surface area (TPSA) is 36.9 Å². The van der Waals surface area contributed by atoms with Gasteiger partial charge in [0.05, 0.1) is 7.14 Å². The van der Waals surface area contributed by atoms with Crippen LogP contribution in [0.25, 0.3) is 21.5 Å². The Morgan fingerprint density at radius 1 is 0.767 bits per heavy atom. The van der Waals surface area contributed by atoms with E-state index < -0.39 is 0 Å². The van der Waals surface area contributed by atoms with E-state index in [0.29, 0.717) is 6.61 Å². The second-order valence-electron chi connectivity index (χ2n) is 10.3. The predicted octanol–water partition coefficient (Wildman–Crippen LogP) is 9.47. The molecule has 0 amide bonds. The van der Waals surface area contributed by atoms with Crippen LogP contribution in [0.4, 0.5) is 0 Å². The van der Waals surface area contributed by atoms with Crippen LogP contribution in [0.2, 0.25) is 0 Å². The average molecular weight is 788 g/mol. The lowest BCUT2D eigenvalue weighted by Gasteiger charge is -2.31. The summed E-state index contributed by atoms with van der Waals surface area (Å²) in [4.78, 5) is 0. The fraction of sp³-hybridized carbons (Fsp3) is 0.135. The van der Waals surface area contributed by atoms with Gasteiger partial charge in [-0.05, 0) is 133 Å². The maximum absolute atomic E-state index is 6.64. The largest absolute Gasteiger partial charge is 0.489 e. The molecule has 1 aliphatic heterocycles. The summed E-state index contributed by atoms with van der Waals surface area (Å²) in [7, 11) is 0. The molecule has 0 radical (unpaired) electrons. The van der Waals surface area contributed by atoms with Crippen molar-refractivity contribution in [3.05, 3.63) is 109 Å². The highest BCUT2D eigenvalue weighted by Crippen LogP contribution is 2.53. The van der Waals surface area contributed by atoms with E-state index >= 15 is 0 Å². The summed E-state index contributed by atoms with van der Waals surface area (Å²) in [6.45, 7) is 6.81. The minimum absolute atomic E-state index is 0.130. The summed E-state index contributed by atoms with van der Waals surface area (Å²) in [6, 6.07) is 24.9. The Bertz CT molecular complexity index is 1970. The van der Waals surface area contributed by atoms with Crippen molar-refractivity contribution in [3.63, 3.8) is 0 Å². The first kappa shape index (κ1) is 29.2. The van der Waals surface area contributed by atoms with Crippen LogP contribution in [-0.2, 0) is 0 Å². The molecule has 1 atom stereocenters. The maximum Gasteiger partial charge on any atom is 0.148 e. The van der Waals surface area contributed by atoms with Gasteiger partial charge in [0, 0.05) is 17.0 Å². The van der Waals surface area contributed by atoms with Gasteiger partial charge in [-0.1, -0.05) is 42.7 Å². The highest BCUT2D eigenvalue weighted by Gasteiger charge is 2.33. The summed E-state index contributed by atoms with van der Waals surface area (Å²) >= 11 is 4.67. The van der Waals surface area contributed by atoms with E-state index in [1.165, 1.54) is 0 Å². The number of hydrogen-bond acceptors (Lipinski definition) is 4. The van der Waals surface area contributed by atoms with Gasteiger partial charge < -0.3 is 18.9 Å². The highest BCUT2D eigenvalue weighted by molar-refractivity contribution is 14.1. The average Bonchev–Trinajstić information content (AvgIpc) is 3.00. The summed E-state index contributed by atoms with van der Waals surface area (Å²) in [5, 5.41) is 4.29. The van der Waals surface area contributed by atoms with Gasteiger partial charge in [0.1, 0.15) is 48.6 Å². The molecule has 0 aliphatic carbocycles.